The average Bonchev–Trinajstić information content (AvgIpc) is 2.12. The summed E-state index contributed by atoms with van der Waals surface area (Å²) in [6.07, 6.45) is 0. The highest BCUT2D eigenvalue weighted by molar-refractivity contribution is 7.76. The summed E-state index contributed by atoms with van der Waals surface area (Å²) in [5, 5.41) is 0. The topological polar surface area (TPSA) is 64.6 Å². The Kier molecular flexibility index (Phi) is 1.92. The van der Waals surface area contributed by atoms with E-state index in [1.165, 1.54) is 4.41 Å². The molecule has 3 N–H and O–H groups in total. The normalized spacial score (nSPS) is 26.1. The van der Waals surface area contributed by atoms with Gasteiger partial charge in [0.15, 0.2) is 0 Å². The van der Waals surface area contributed by atoms with Gasteiger partial charge in [0.1, 0.15) is 0 Å². The lowest BCUT2D eigenvalue weighted by Crippen LogP contribution is -2.36. The second kappa shape index (κ2) is 2.51. The highest BCUT2D eigenvalue weighted by Gasteiger charge is 2.13. The second-order valence-electron chi connectivity index (χ2n) is 1.37. The Balaban J connectivity index is 2.35. The predicted molar refractivity (Wildman–Crippen MR) is 28.6 cm³/mol. The molecule has 0 spiro atoms. The molecule has 5 nitrogen and oxygen atoms in total. The molecule has 0 aromatic rings. The van der Waals surface area contributed by atoms with Gasteiger partial charge in [0.05, 0.1) is 0 Å². The van der Waals surface area contributed by atoms with Crippen LogP contribution in [0, 0.1) is 0 Å². The zero-order valence-corrected chi connectivity index (χ0v) is 4.94. The Labute approximate surface area is 49.4 Å². The minimum atomic E-state index is -1.88. The summed E-state index contributed by atoms with van der Waals surface area (Å²) in [5.74, 6) is 0. The number of hydrogen-bond acceptors (Lipinski definition) is 3. The number of rotatable bonds is 1. The smallest absolute Gasteiger partial charge is 0.249 e. The summed E-state index contributed by atoms with van der Waals surface area (Å²) in [5.41, 5.74) is 5.17. The van der Waals surface area contributed by atoms with E-state index in [-0.39, 0.29) is 0 Å². The van der Waals surface area contributed by atoms with Crippen molar-refractivity contribution in [2.75, 3.05) is 13.1 Å². The van der Waals surface area contributed by atoms with Gasteiger partial charge < -0.3 is 0 Å². The van der Waals surface area contributed by atoms with E-state index in [2.05, 4.69) is 11.0 Å². The van der Waals surface area contributed by atoms with Crippen LogP contribution in [0.3, 0.4) is 0 Å². The van der Waals surface area contributed by atoms with Gasteiger partial charge in [0.2, 0.25) is 11.3 Å². The van der Waals surface area contributed by atoms with E-state index >= 15 is 0 Å². The van der Waals surface area contributed by atoms with Crippen LogP contribution < -0.4 is 11.0 Å². The van der Waals surface area contributed by atoms with E-state index in [4.69, 9.17) is 4.55 Å². The fourth-order valence-electron chi connectivity index (χ4n) is 0.475. The van der Waals surface area contributed by atoms with Crippen LogP contribution >= 0.6 is 0 Å². The molecule has 0 radical (unpaired) electrons. The molecule has 1 aliphatic rings. The molecule has 1 aliphatic heterocycles. The van der Waals surface area contributed by atoms with E-state index in [0.29, 0.717) is 13.1 Å². The number of hydrogen-bond donors (Lipinski definition) is 3. The second-order valence-corrected chi connectivity index (χ2v) is 2.27. The number of nitrogens with one attached hydrogen (secondary N) is 2. The third-order valence-corrected chi connectivity index (χ3v) is 1.48. The zero-order valence-electron chi connectivity index (χ0n) is 4.13. The third kappa shape index (κ3) is 1.23. The monoisotopic (exact) mass is 137 g/mol. The highest BCUT2D eigenvalue weighted by atomic mass is 32.2. The Morgan fingerprint density at radius 2 is 2.50 bits per heavy atom. The first-order valence-electron chi connectivity index (χ1n) is 2.18. The van der Waals surface area contributed by atoms with Gasteiger partial charge in [0.25, 0.3) is 0 Å². The minimum absolute atomic E-state index is 0.559. The number of hydrazine groups is 2. The van der Waals surface area contributed by atoms with Gasteiger partial charge in [0, 0.05) is 13.1 Å². The van der Waals surface area contributed by atoms with Gasteiger partial charge >= 0.3 is 0 Å². The summed E-state index contributed by atoms with van der Waals surface area (Å²) >= 11 is -1.88. The van der Waals surface area contributed by atoms with Crippen LogP contribution in [0.2, 0.25) is 0 Å². The largest absolute Gasteiger partial charge is 0.293 e. The highest BCUT2D eigenvalue weighted by Crippen LogP contribution is 1.87. The summed E-state index contributed by atoms with van der Waals surface area (Å²) in [6.45, 7) is 1.26. The zero-order chi connectivity index (χ0) is 5.98. The van der Waals surface area contributed by atoms with Crippen molar-refractivity contribution in [2.24, 2.45) is 0 Å². The van der Waals surface area contributed by atoms with Crippen LogP contribution in [0.4, 0.5) is 0 Å². The molecule has 48 valence electrons. The molecule has 0 aromatic carbocycles. The molecule has 1 unspecified atom stereocenters. The fourth-order valence-corrected chi connectivity index (χ4v) is 0.865. The maximum Gasteiger partial charge on any atom is 0.249 e. The standard InChI is InChI=1S/C2H7N3O2S/c6-8(7)5-2-1-3-4-5/h3-4H,1-2H2,(H,6,7). The van der Waals surface area contributed by atoms with Crippen LogP contribution in [-0.4, -0.2) is 26.3 Å². The summed E-state index contributed by atoms with van der Waals surface area (Å²) in [6, 6.07) is 0. The van der Waals surface area contributed by atoms with E-state index in [1.807, 2.05) is 0 Å². The summed E-state index contributed by atoms with van der Waals surface area (Å²) in [7, 11) is 0. The molecule has 0 amide bonds. The van der Waals surface area contributed by atoms with Crippen LogP contribution in [-0.2, 0) is 11.3 Å². The van der Waals surface area contributed by atoms with Crippen molar-refractivity contribution in [2.45, 2.75) is 0 Å². The fraction of sp³-hybridized carbons (Fsp3) is 1.00. The van der Waals surface area contributed by atoms with Crippen LogP contribution in [0.25, 0.3) is 0 Å². The van der Waals surface area contributed by atoms with E-state index in [1.54, 1.807) is 0 Å². The van der Waals surface area contributed by atoms with Crippen molar-refractivity contribution in [1.82, 2.24) is 15.4 Å². The molecule has 0 bridgehead atoms. The molecule has 1 heterocycles. The molecule has 1 atom stereocenters. The molecule has 0 aromatic heterocycles. The first kappa shape index (κ1) is 6.12. The Morgan fingerprint density at radius 3 is 2.75 bits per heavy atom. The molecule has 8 heavy (non-hydrogen) atoms. The average molecular weight is 137 g/mol. The molecular weight excluding hydrogens is 130 g/mol. The lowest BCUT2D eigenvalue weighted by atomic mass is 10.7. The van der Waals surface area contributed by atoms with Crippen molar-refractivity contribution < 1.29 is 8.76 Å². The lowest BCUT2D eigenvalue weighted by Gasteiger charge is -2.05. The summed E-state index contributed by atoms with van der Waals surface area (Å²) < 4.78 is 19.7. The van der Waals surface area contributed by atoms with Crippen molar-refractivity contribution in [3.8, 4) is 0 Å². The molecule has 6 heteroatoms. The van der Waals surface area contributed by atoms with Crippen LogP contribution in [0.15, 0.2) is 0 Å². The van der Waals surface area contributed by atoms with Crippen molar-refractivity contribution in [3.05, 3.63) is 0 Å². The summed E-state index contributed by atoms with van der Waals surface area (Å²) in [4.78, 5) is 0. The van der Waals surface area contributed by atoms with Gasteiger partial charge in [-0.25, -0.2) is 9.63 Å². The van der Waals surface area contributed by atoms with E-state index in [0.717, 1.165) is 0 Å². The van der Waals surface area contributed by atoms with E-state index < -0.39 is 11.3 Å². The van der Waals surface area contributed by atoms with Gasteiger partial charge in [-0.05, 0) is 0 Å². The van der Waals surface area contributed by atoms with Crippen molar-refractivity contribution in [3.63, 3.8) is 0 Å². The Bertz CT molecular complexity index is 101. The van der Waals surface area contributed by atoms with Crippen LogP contribution in [0.5, 0.6) is 0 Å². The predicted octanol–water partition coefficient (Wildman–Crippen LogP) is -1.55. The Morgan fingerprint density at radius 1 is 1.75 bits per heavy atom. The third-order valence-electron chi connectivity index (χ3n) is 0.832. The van der Waals surface area contributed by atoms with Gasteiger partial charge in [-0.15, -0.1) is 4.41 Å². The van der Waals surface area contributed by atoms with Crippen molar-refractivity contribution >= 4 is 11.3 Å². The quantitative estimate of drug-likeness (QED) is 0.383. The van der Waals surface area contributed by atoms with Gasteiger partial charge in [-0.2, -0.15) is 5.53 Å². The van der Waals surface area contributed by atoms with Gasteiger partial charge in [-0.1, -0.05) is 0 Å². The van der Waals surface area contributed by atoms with Gasteiger partial charge in [-0.3, -0.25) is 4.55 Å². The number of nitrogens with zero attached hydrogens (tertiary/aromatic N) is 1. The molecular formula is C2H7N3O2S. The van der Waals surface area contributed by atoms with Crippen LogP contribution in [0.1, 0.15) is 0 Å². The Hall–Kier alpha value is -0.0100. The molecule has 1 rings (SSSR count). The molecule has 0 aliphatic carbocycles. The lowest BCUT2D eigenvalue weighted by molar-refractivity contribution is 0.359. The van der Waals surface area contributed by atoms with Crippen molar-refractivity contribution in [1.29, 1.82) is 0 Å². The first-order valence-corrected chi connectivity index (χ1v) is 3.24. The maximum atomic E-state index is 10.1. The molecule has 1 saturated heterocycles. The first-order chi connectivity index (χ1) is 3.80. The molecule has 0 saturated carbocycles. The van der Waals surface area contributed by atoms with E-state index in [9.17, 15) is 4.21 Å². The minimum Gasteiger partial charge on any atom is -0.293 e. The molecule has 1 fully saturated rings. The maximum absolute atomic E-state index is 10.1. The SMILES string of the molecule is O=S(O)N1CCNN1.